The number of rotatable bonds is 6. The standard InChI is InChI=1S/C21H26BrN3O4S/c1-13-9-16(11-19(15(13)3)30(28,29)24(4)5)21(27)25(6)12-20(26)23-18-8-7-17(22)10-14(18)2/h7-11H,12H2,1-6H3,(H,23,26). The number of aryl methyl sites for hydroxylation is 2. The molecule has 0 unspecified atom stereocenters. The summed E-state index contributed by atoms with van der Waals surface area (Å²) in [5.74, 6) is -0.780. The Labute approximate surface area is 186 Å². The van der Waals surface area contributed by atoms with E-state index in [1.54, 1.807) is 26.0 Å². The maximum atomic E-state index is 12.9. The molecule has 0 fully saturated rings. The third-order valence-electron chi connectivity index (χ3n) is 4.82. The van der Waals surface area contributed by atoms with Crippen molar-refractivity contribution in [3.63, 3.8) is 0 Å². The number of hydrogen-bond donors (Lipinski definition) is 1. The van der Waals surface area contributed by atoms with Gasteiger partial charge >= 0.3 is 0 Å². The van der Waals surface area contributed by atoms with Crippen LogP contribution < -0.4 is 5.32 Å². The lowest BCUT2D eigenvalue weighted by Gasteiger charge is -2.20. The Hall–Kier alpha value is -2.23. The van der Waals surface area contributed by atoms with Crippen molar-refractivity contribution < 1.29 is 18.0 Å². The molecule has 0 atom stereocenters. The highest BCUT2D eigenvalue weighted by atomic mass is 79.9. The topological polar surface area (TPSA) is 86.8 Å². The van der Waals surface area contributed by atoms with Crippen LogP contribution in [-0.2, 0) is 14.8 Å². The summed E-state index contributed by atoms with van der Waals surface area (Å²) in [6, 6.07) is 8.49. The van der Waals surface area contributed by atoms with Crippen molar-refractivity contribution in [2.24, 2.45) is 0 Å². The fourth-order valence-electron chi connectivity index (χ4n) is 2.88. The van der Waals surface area contributed by atoms with Crippen molar-refractivity contribution in [2.75, 3.05) is 33.0 Å². The molecule has 0 saturated heterocycles. The molecule has 0 saturated carbocycles. The molecule has 0 aliphatic rings. The SMILES string of the molecule is Cc1cc(Br)ccc1NC(=O)CN(C)C(=O)c1cc(C)c(C)c(S(=O)(=O)N(C)C)c1. The van der Waals surface area contributed by atoms with Gasteiger partial charge in [0.05, 0.1) is 11.4 Å². The van der Waals surface area contributed by atoms with E-state index in [4.69, 9.17) is 0 Å². The largest absolute Gasteiger partial charge is 0.332 e. The zero-order chi connectivity index (χ0) is 22.8. The van der Waals surface area contributed by atoms with Crippen LogP contribution in [0.25, 0.3) is 0 Å². The van der Waals surface area contributed by atoms with Gasteiger partial charge in [-0.15, -0.1) is 0 Å². The first-order valence-corrected chi connectivity index (χ1v) is 11.4. The number of sulfonamides is 1. The summed E-state index contributed by atoms with van der Waals surface area (Å²) in [6.45, 7) is 5.16. The number of nitrogens with one attached hydrogen (secondary N) is 1. The van der Waals surface area contributed by atoms with Crippen LogP contribution >= 0.6 is 15.9 Å². The van der Waals surface area contributed by atoms with E-state index in [9.17, 15) is 18.0 Å². The summed E-state index contributed by atoms with van der Waals surface area (Å²) in [5, 5.41) is 2.79. The van der Waals surface area contributed by atoms with Crippen LogP contribution in [0.2, 0.25) is 0 Å². The molecule has 9 heteroatoms. The molecule has 2 rings (SSSR count). The molecule has 2 amide bonds. The summed E-state index contributed by atoms with van der Waals surface area (Å²) in [5.41, 5.74) is 3.04. The van der Waals surface area contributed by atoms with Crippen LogP contribution in [0.4, 0.5) is 5.69 Å². The number of carbonyl (C=O) groups excluding carboxylic acids is 2. The van der Waals surface area contributed by atoms with Crippen molar-refractivity contribution >= 4 is 43.5 Å². The number of benzene rings is 2. The average Bonchev–Trinajstić information content (AvgIpc) is 2.65. The first-order valence-electron chi connectivity index (χ1n) is 9.20. The van der Waals surface area contributed by atoms with Gasteiger partial charge in [-0.3, -0.25) is 9.59 Å². The van der Waals surface area contributed by atoms with Gasteiger partial charge in [0.1, 0.15) is 0 Å². The van der Waals surface area contributed by atoms with Crippen LogP contribution in [0.15, 0.2) is 39.7 Å². The van der Waals surface area contributed by atoms with Crippen LogP contribution in [-0.4, -0.2) is 57.1 Å². The second-order valence-corrected chi connectivity index (χ2v) is 10.4. The van der Waals surface area contributed by atoms with Gasteiger partial charge in [0.25, 0.3) is 5.91 Å². The average molecular weight is 496 g/mol. The van der Waals surface area contributed by atoms with E-state index in [1.165, 1.54) is 32.1 Å². The van der Waals surface area contributed by atoms with E-state index in [-0.39, 0.29) is 22.9 Å². The Morgan fingerprint density at radius 2 is 1.63 bits per heavy atom. The third-order valence-corrected chi connectivity index (χ3v) is 7.25. The molecule has 0 radical (unpaired) electrons. The van der Waals surface area contributed by atoms with Crippen LogP contribution in [0, 0.1) is 20.8 Å². The van der Waals surface area contributed by atoms with E-state index in [2.05, 4.69) is 21.2 Å². The van der Waals surface area contributed by atoms with Crippen LogP contribution in [0.3, 0.4) is 0 Å². The predicted octanol–water partition coefficient (Wildman–Crippen LogP) is 3.34. The first-order chi connectivity index (χ1) is 13.8. The molecule has 0 spiro atoms. The molecule has 1 N–H and O–H groups in total. The molecule has 2 aromatic carbocycles. The highest BCUT2D eigenvalue weighted by Crippen LogP contribution is 2.24. The highest BCUT2D eigenvalue weighted by Gasteiger charge is 2.24. The van der Waals surface area contributed by atoms with E-state index in [0.29, 0.717) is 16.8 Å². The Morgan fingerprint density at radius 3 is 2.20 bits per heavy atom. The fraction of sp³-hybridized carbons (Fsp3) is 0.333. The number of anilines is 1. The summed E-state index contributed by atoms with van der Waals surface area (Å²) in [6.07, 6.45) is 0. The molecular formula is C21H26BrN3O4S. The van der Waals surface area contributed by atoms with E-state index >= 15 is 0 Å². The number of likely N-dealkylation sites (N-methyl/N-ethyl adjacent to an activating group) is 1. The lowest BCUT2D eigenvalue weighted by molar-refractivity contribution is -0.116. The minimum Gasteiger partial charge on any atom is -0.332 e. The van der Waals surface area contributed by atoms with Gasteiger partial charge in [0.15, 0.2) is 0 Å². The Balaban J connectivity index is 2.23. The van der Waals surface area contributed by atoms with Gasteiger partial charge in [-0.25, -0.2) is 12.7 Å². The first kappa shape index (κ1) is 24.0. The minimum absolute atomic E-state index is 0.0826. The van der Waals surface area contributed by atoms with Crippen LogP contribution in [0.1, 0.15) is 27.0 Å². The molecule has 0 aliphatic heterocycles. The zero-order valence-corrected chi connectivity index (χ0v) is 20.3. The summed E-state index contributed by atoms with van der Waals surface area (Å²) >= 11 is 3.38. The summed E-state index contributed by atoms with van der Waals surface area (Å²) < 4.78 is 27.3. The van der Waals surface area contributed by atoms with Gasteiger partial charge in [0, 0.05) is 36.9 Å². The third kappa shape index (κ3) is 5.27. The highest BCUT2D eigenvalue weighted by molar-refractivity contribution is 9.10. The van der Waals surface area contributed by atoms with Crippen LogP contribution in [0.5, 0.6) is 0 Å². The Morgan fingerprint density at radius 1 is 1.00 bits per heavy atom. The minimum atomic E-state index is -3.70. The van der Waals surface area contributed by atoms with Crippen molar-refractivity contribution in [1.29, 1.82) is 0 Å². The number of hydrogen-bond acceptors (Lipinski definition) is 4. The second-order valence-electron chi connectivity index (χ2n) is 7.37. The van der Waals surface area contributed by atoms with Crippen molar-refractivity contribution in [1.82, 2.24) is 9.21 Å². The lowest BCUT2D eigenvalue weighted by Crippen LogP contribution is -2.35. The lowest BCUT2D eigenvalue weighted by atomic mass is 10.1. The maximum absolute atomic E-state index is 12.9. The van der Waals surface area contributed by atoms with Gasteiger partial charge in [-0.2, -0.15) is 0 Å². The molecule has 0 aliphatic carbocycles. The number of carbonyl (C=O) groups is 2. The van der Waals surface area contributed by atoms with Gasteiger partial charge in [-0.1, -0.05) is 15.9 Å². The maximum Gasteiger partial charge on any atom is 0.254 e. The molecule has 7 nitrogen and oxygen atoms in total. The monoisotopic (exact) mass is 495 g/mol. The molecule has 162 valence electrons. The second kappa shape index (κ2) is 9.28. The van der Waals surface area contributed by atoms with Gasteiger partial charge in [-0.05, 0) is 67.8 Å². The molecule has 0 aromatic heterocycles. The van der Waals surface area contributed by atoms with Gasteiger partial charge in [0.2, 0.25) is 15.9 Å². The van der Waals surface area contributed by atoms with E-state index in [1.807, 2.05) is 19.1 Å². The van der Waals surface area contributed by atoms with Crippen molar-refractivity contribution in [2.45, 2.75) is 25.7 Å². The fourth-order valence-corrected chi connectivity index (χ4v) is 4.57. The number of amides is 2. The Kier molecular flexibility index (Phi) is 7.44. The predicted molar refractivity (Wildman–Crippen MR) is 121 cm³/mol. The smallest absolute Gasteiger partial charge is 0.254 e. The molecule has 0 bridgehead atoms. The van der Waals surface area contributed by atoms with E-state index in [0.717, 1.165) is 14.3 Å². The van der Waals surface area contributed by atoms with Crippen molar-refractivity contribution in [3.8, 4) is 0 Å². The molecule has 0 heterocycles. The molecular weight excluding hydrogens is 470 g/mol. The van der Waals surface area contributed by atoms with E-state index < -0.39 is 15.9 Å². The summed E-state index contributed by atoms with van der Waals surface area (Å²) in [4.78, 5) is 26.6. The molecule has 30 heavy (non-hydrogen) atoms. The molecule has 2 aromatic rings. The Bertz CT molecular complexity index is 1100. The number of halogens is 1. The van der Waals surface area contributed by atoms with Gasteiger partial charge < -0.3 is 10.2 Å². The number of nitrogens with zero attached hydrogens (tertiary/aromatic N) is 2. The quantitative estimate of drug-likeness (QED) is 0.665. The summed E-state index contributed by atoms with van der Waals surface area (Å²) in [7, 11) is 0.688. The normalized spacial score (nSPS) is 11.5. The van der Waals surface area contributed by atoms with Crippen molar-refractivity contribution in [3.05, 3.63) is 57.1 Å². The zero-order valence-electron chi connectivity index (χ0n) is 17.9.